The molecule has 1 aromatic rings. The van der Waals surface area contributed by atoms with E-state index in [4.69, 9.17) is 12.2 Å². The van der Waals surface area contributed by atoms with Crippen molar-refractivity contribution in [3.63, 3.8) is 0 Å². The van der Waals surface area contributed by atoms with Crippen molar-refractivity contribution in [2.45, 2.75) is 6.42 Å². The summed E-state index contributed by atoms with van der Waals surface area (Å²) in [4.78, 5) is 13.3. The fraction of sp³-hybridized carbons (Fsp3) is 0.429. The van der Waals surface area contributed by atoms with Gasteiger partial charge in [0.05, 0.1) is 0 Å². The molecule has 0 atom stereocenters. The summed E-state index contributed by atoms with van der Waals surface area (Å²) in [6.07, 6.45) is 3.17. The third-order valence-electron chi connectivity index (χ3n) is 2.61. The van der Waals surface area contributed by atoms with Crippen LogP contribution in [0.5, 0.6) is 0 Å². The number of amides is 1. The number of hydrogen-bond donors (Lipinski definition) is 2. The molecule has 0 aromatic heterocycles. The second kappa shape index (κ2) is 8.81. The number of carbonyl (C=O) groups is 1. The standard InChI is InChI=1S/C14H21N3OS2/c1-17(2)13(18)11-5-7-12(8-6-11)16-14(19)15-9-4-10-20-3/h5-8H,4,9-10H2,1-3H3,(H2,15,16,19). The van der Waals surface area contributed by atoms with Gasteiger partial charge < -0.3 is 15.5 Å². The molecule has 20 heavy (non-hydrogen) atoms. The predicted octanol–water partition coefficient (Wildman–Crippen LogP) is 2.43. The second-order valence-corrected chi connectivity index (χ2v) is 5.90. The summed E-state index contributed by atoms with van der Waals surface area (Å²) in [6.45, 7) is 0.865. The third kappa shape index (κ3) is 5.79. The van der Waals surface area contributed by atoms with E-state index >= 15 is 0 Å². The zero-order valence-electron chi connectivity index (χ0n) is 12.1. The quantitative estimate of drug-likeness (QED) is 0.624. The van der Waals surface area contributed by atoms with Crippen molar-refractivity contribution in [1.29, 1.82) is 0 Å². The van der Waals surface area contributed by atoms with Gasteiger partial charge in [0, 0.05) is 31.9 Å². The Bertz CT molecular complexity index is 446. The molecule has 110 valence electrons. The molecule has 1 aromatic carbocycles. The Balaban J connectivity index is 2.45. The lowest BCUT2D eigenvalue weighted by Gasteiger charge is -2.12. The van der Waals surface area contributed by atoms with Crippen LogP contribution in [0.1, 0.15) is 16.8 Å². The van der Waals surface area contributed by atoms with Crippen LogP contribution in [-0.4, -0.2) is 48.6 Å². The monoisotopic (exact) mass is 311 g/mol. The SMILES string of the molecule is CSCCCNC(=S)Nc1ccc(C(=O)N(C)C)cc1. The van der Waals surface area contributed by atoms with Gasteiger partial charge in [0.2, 0.25) is 0 Å². The normalized spacial score (nSPS) is 9.95. The first-order valence-electron chi connectivity index (χ1n) is 6.40. The van der Waals surface area contributed by atoms with Crippen LogP contribution in [0.25, 0.3) is 0 Å². The van der Waals surface area contributed by atoms with Crippen LogP contribution >= 0.6 is 24.0 Å². The molecule has 1 rings (SSSR count). The van der Waals surface area contributed by atoms with Crippen molar-refractivity contribution in [2.75, 3.05) is 38.0 Å². The van der Waals surface area contributed by atoms with Gasteiger partial charge >= 0.3 is 0 Å². The largest absolute Gasteiger partial charge is 0.362 e. The molecule has 0 spiro atoms. The number of nitrogens with zero attached hydrogens (tertiary/aromatic N) is 1. The van der Waals surface area contributed by atoms with Gasteiger partial charge in [-0.05, 0) is 54.9 Å². The number of hydrogen-bond acceptors (Lipinski definition) is 3. The van der Waals surface area contributed by atoms with E-state index in [9.17, 15) is 4.79 Å². The lowest BCUT2D eigenvalue weighted by Crippen LogP contribution is -2.29. The number of nitrogens with one attached hydrogen (secondary N) is 2. The highest BCUT2D eigenvalue weighted by atomic mass is 32.2. The van der Waals surface area contributed by atoms with E-state index in [-0.39, 0.29) is 5.91 Å². The topological polar surface area (TPSA) is 44.4 Å². The lowest BCUT2D eigenvalue weighted by molar-refractivity contribution is 0.0827. The average Bonchev–Trinajstić information content (AvgIpc) is 2.43. The van der Waals surface area contributed by atoms with Gasteiger partial charge in [0.15, 0.2) is 5.11 Å². The molecule has 6 heteroatoms. The van der Waals surface area contributed by atoms with E-state index in [1.165, 1.54) is 0 Å². The average molecular weight is 311 g/mol. The van der Waals surface area contributed by atoms with Gasteiger partial charge in [-0.1, -0.05) is 0 Å². The minimum Gasteiger partial charge on any atom is -0.362 e. The Morgan fingerprint density at radius 1 is 1.30 bits per heavy atom. The van der Waals surface area contributed by atoms with Gasteiger partial charge in [-0.15, -0.1) is 0 Å². The molecule has 0 fully saturated rings. The summed E-state index contributed by atoms with van der Waals surface area (Å²) in [6, 6.07) is 7.29. The molecule has 0 aliphatic carbocycles. The molecule has 0 saturated carbocycles. The highest BCUT2D eigenvalue weighted by molar-refractivity contribution is 7.98. The minimum atomic E-state index is -0.00526. The van der Waals surface area contributed by atoms with E-state index in [0.717, 1.165) is 24.4 Å². The Morgan fingerprint density at radius 3 is 2.50 bits per heavy atom. The van der Waals surface area contributed by atoms with Crippen LogP contribution in [0.2, 0.25) is 0 Å². The zero-order valence-corrected chi connectivity index (χ0v) is 13.7. The summed E-state index contributed by atoms with van der Waals surface area (Å²) in [5.74, 6) is 1.12. The summed E-state index contributed by atoms with van der Waals surface area (Å²) in [5.41, 5.74) is 1.54. The summed E-state index contributed by atoms with van der Waals surface area (Å²) in [5, 5.41) is 6.87. The molecular weight excluding hydrogens is 290 g/mol. The summed E-state index contributed by atoms with van der Waals surface area (Å²) >= 11 is 7.03. The van der Waals surface area contributed by atoms with E-state index in [0.29, 0.717) is 10.7 Å². The first-order valence-corrected chi connectivity index (χ1v) is 8.20. The maximum atomic E-state index is 11.7. The van der Waals surface area contributed by atoms with Crippen molar-refractivity contribution in [1.82, 2.24) is 10.2 Å². The fourth-order valence-corrected chi connectivity index (χ4v) is 2.20. The maximum Gasteiger partial charge on any atom is 0.253 e. The smallest absolute Gasteiger partial charge is 0.253 e. The summed E-state index contributed by atoms with van der Waals surface area (Å²) < 4.78 is 0. The first-order chi connectivity index (χ1) is 9.54. The Hall–Kier alpha value is -1.27. The van der Waals surface area contributed by atoms with Gasteiger partial charge in [-0.3, -0.25) is 4.79 Å². The molecule has 0 aliphatic rings. The molecule has 0 bridgehead atoms. The minimum absolute atomic E-state index is 0.00526. The van der Waals surface area contributed by atoms with E-state index in [1.807, 2.05) is 23.9 Å². The molecule has 1 amide bonds. The molecule has 0 saturated heterocycles. The predicted molar refractivity (Wildman–Crippen MR) is 91.7 cm³/mol. The number of thioether (sulfide) groups is 1. The highest BCUT2D eigenvalue weighted by Crippen LogP contribution is 2.10. The number of thiocarbonyl (C=S) groups is 1. The first kappa shape index (κ1) is 16.8. The molecule has 2 N–H and O–H groups in total. The van der Waals surface area contributed by atoms with Crippen molar-refractivity contribution >= 4 is 40.7 Å². The van der Waals surface area contributed by atoms with E-state index in [2.05, 4.69) is 16.9 Å². The van der Waals surface area contributed by atoms with Gasteiger partial charge in [0.1, 0.15) is 0 Å². The molecule has 4 nitrogen and oxygen atoms in total. The van der Waals surface area contributed by atoms with Crippen molar-refractivity contribution in [3.05, 3.63) is 29.8 Å². The summed E-state index contributed by atoms with van der Waals surface area (Å²) in [7, 11) is 3.48. The van der Waals surface area contributed by atoms with Crippen molar-refractivity contribution in [2.24, 2.45) is 0 Å². The molecule has 0 unspecified atom stereocenters. The van der Waals surface area contributed by atoms with Gasteiger partial charge in [0.25, 0.3) is 5.91 Å². The number of benzene rings is 1. The van der Waals surface area contributed by atoms with E-state index < -0.39 is 0 Å². The van der Waals surface area contributed by atoms with Gasteiger partial charge in [-0.2, -0.15) is 11.8 Å². The lowest BCUT2D eigenvalue weighted by atomic mass is 10.2. The zero-order chi connectivity index (χ0) is 15.0. The Morgan fingerprint density at radius 2 is 1.95 bits per heavy atom. The van der Waals surface area contributed by atoms with Crippen LogP contribution in [-0.2, 0) is 0 Å². The van der Waals surface area contributed by atoms with Crippen LogP contribution < -0.4 is 10.6 Å². The van der Waals surface area contributed by atoms with Crippen molar-refractivity contribution < 1.29 is 4.79 Å². The molecule has 0 aliphatic heterocycles. The second-order valence-electron chi connectivity index (χ2n) is 4.50. The van der Waals surface area contributed by atoms with Crippen LogP contribution in [0.4, 0.5) is 5.69 Å². The fourth-order valence-electron chi connectivity index (χ4n) is 1.55. The number of carbonyl (C=O) groups excluding carboxylic acids is 1. The highest BCUT2D eigenvalue weighted by Gasteiger charge is 2.07. The third-order valence-corrected chi connectivity index (χ3v) is 3.55. The van der Waals surface area contributed by atoms with Crippen LogP contribution in [0, 0.1) is 0 Å². The van der Waals surface area contributed by atoms with Crippen LogP contribution in [0.3, 0.4) is 0 Å². The Kier molecular flexibility index (Phi) is 7.40. The molecular formula is C14H21N3OS2. The van der Waals surface area contributed by atoms with Crippen LogP contribution in [0.15, 0.2) is 24.3 Å². The van der Waals surface area contributed by atoms with Gasteiger partial charge in [-0.25, -0.2) is 0 Å². The maximum absolute atomic E-state index is 11.7. The van der Waals surface area contributed by atoms with Crippen molar-refractivity contribution in [3.8, 4) is 0 Å². The number of rotatable bonds is 6. The Labute approximate surface area is 130 Å². The van der Waals surface area contributed by atoms with E-state index in [1.54, 1.807) is 31.1 Å². The molecule has 0 heterocycles. The molecule has 0 radical (unpaired) electrons. The number of anilines is 1.